The van der Waals surface area contributed by atoms with Gasteiger partial charge in [-0.1, -0.05) is 39.0 Å². The second-order valence-electron chi connectivity index (χ2n) is 5.83. The van der Waals surface area contributed by atoms with Crippen molar-refractivity contribution in [2.75, 3.05) is 6.54 Å². The molecule has 0 aromatic heterocycles. The molecule has 0 rings (SSSR count). The van der Waals surface area contributed by atoms with Crippen LogP contribution < -0.4 is 4.33 Å². The van der Waals surface area contributed by atoms with Crippen LogP contribution in [0.15, 0.2) is 12.2 Å². The molecule has 0 bridgehead atoms. The summed E-state index contributed by atoms with van der Waals surface area (Å²) in [6, 6.07) is 0. The van der Waals surface area contributed by atoms with E-state index in [2.05, 4.69) is 39.6 Å². The van der Waals surface area contributed by atoms with E-state index in [4.69, 9.17) is 0 Å². The van der Waals surface area contributed by atoms with Gasteiger partial charge in [0, 0.05) is 0 Å². The van der Waals surface area contributed by atoms with E-state index in [0.29, 0.717) is 0 Å². The molecule has 0 aliphatic carbocycles. The first-order valence-corrected chi connectivity index (χ1v) is 9.77. The Morgan fingerprint density at radius 1 is 0.650 bits per heavy atom. The molecule has 0 aromatic rings. The molecule has 0 aromatic carbocycles. The van der Waals surface area contributed by atoms with Crippen LogP contribution in [0.4, 0.5) is 0 Å². The fourth-order valence-corrected chi connectivity index (χ4v) is 2.75. The number of hydrogen-bond donors (Lipinski definition) is 1. The van der Waals surface area contributed by atoms with Gasteiger partial charge in [0.15, 0.2) is 0 Å². The third-order valence-electron chi connectivity index (χ3n) is 3.79. The molecule has 0 fully saturated rings. The number of allylic oxidation sites excluding steroid dienone is 2. The monoisotopic (exact) mass is 346 g/mol. The van der Waals surface area contributed by atoms with Gasteiger partial charge in [0.2, 0.25) is 0 Å². The number of unbranched alkanes of at least 4 members (excludes halogenated alkanes) is 12. The van der Waals surface area contributed by atoms with E-state index in [1.807, 2.05) is 0 Å². The van der Waals surface area contributed by atoms with Crippen molar-refractivity contribution in [3.63, 3.8) is 0 Å². The van der Waals surface area contributed by atoms with Gasteiger partial charge in [0.1, 0.15) is 0 Å². The summed E-state index contributed by atoms with van der Waals surface area (Å²) in [4.78, 5) is 0. The Bertz CT molecular complexity index is 192. The minimum atomic E-state index is 1.13. The number of nitrogens with one attached hydrogen (secondary N) is 1. The van der Waals surface area contributed by atoms with Crippen molar-refractivity contribution in [3.05, 3.63) is 12.2 Å². The predicted molar refractivity (Wildman–Crippen MR) is 93.2 cm³/mol. The van der Waals surface area contributed by atoms with Crippen molar-refractivity contribution < 1.29 is 0 Å². The summed E-state index contributed by atoms with van der Waals surface area (Å²) in [6.45, 7) is 3.41. The first kappa shape index (κ1) is 20.2. The number of rotatable bonds is 16. The van der Waals surface area contributed by atoms with E-state index in [-0.39, 0.29) is 0 Å². The Morgan fingerprint density at radius 2 is 1.10 bits per heavy atom. The summed E-state index contributed by atoms with van der Waals surface area (Å²) in [5, 5.41) is 0. The van der Waals surface area contributed by atoms with Crippen LogP contribution in [0, 0.1) is 0 Å². The second-order valence-corrected chi connectivity index (χ2v) is 6.44. The molecule has 0 heterocycles. The third-order valence-corrected chi connectivity index (χ3v) is 4.22. The molecule has 0 saturated carbocycles. The average molecular weight is 345 g/mol. The normalized spacial score (nSPS) is 11.5. The van der Waals surface area contributed by atoms with Gasteiger partial charge in [-0.05, 0) is 6.42 Å². The van der Waals surface area contributed by atoms with Gasteiger partial charge >= 0.3 is 90.6 Å². The van der Waals surface area contributed by atoms with Gasteiger partial charge in [0.25, 0.3) is 0 Å². The fraction of sp³-hybridized carbons (Fsp3) is 0.889. The zero-order valence-corrected chi connectivity index (χ0v) is 15.4. The maximum absolute atomic E-state index is 3.08. The molecule has 0 atom stereocenters. The molecule has 1 N–H and O–H groups in total. The van der Waals surface area contributed by atoms with Crippen molar-refractivity contribution >= 4 is 16.2 Å². The van der Waals surface area contributed by atoms with E-state index in [1.54, 1.807) is 0 Å². The van der Waals surface area contributed by atoms with Crippen LogP contribution in [0.25, 0.3) is 0 Å². The van der Waals surface area contributed by atoms with Crippen molar-refractivity contribution in [1.82, 2.24) is 4.33 Å². The van der Waals surface area contributed by atoms with Gasteiger partial charge in [-0.15, -0.1) is 0 Å². The van der Waals surface area contributed by atoms with Gasteiger partial charge < -0.3 is 0 Å². The molecule has 0 unspecified atom stereocenters. The van der Waals surface area contributed by atoms with Crippen LogP contribution in [0.5, 0.6) is 0 Å². The summed E-state index contributed by atoms with van der Waals surface area (Å²) in [6.07, 6.45) is 24.2. The van der Waals surface area contributed by atoms with E-state index in [1.165, 1.54) is 89.9 Å². The fourth-order valence-electron chi connectivity index (χ4n) is 2.44. The van der Waals surface area contributed by atoms with Gasteiger partial charge in [-0.3, -0.25) is 0 Å². The van der Waals surface area contributed by atoms with Crippen LogP contribution >= 0.6 is 0 Å². The molecule has 2 heteroatoms. The quantitative estimate of drug-likeness (QED) is 0.215. The molecular weight excluding hydrogens is 309 g/mol. The van der Waals surface area contributed by atoms with Crippen LogP contribution in [-0.4, -0.2) is 22.8 Å². The summed E-state index contributed by atoms with van der Waals surface area (Å²) in [5.74, 6) is 0. The van der Waals surface area contributed by atoms with Crippen LogP contribution in [0.3, 0.4) is 0 Å². The molecular formula is C18H36NSe-. The first-order valence-electron chi connectivity index (χ1n) is 8.91. The summed E-state index contributed by atoms with van der Waals surface area (Å²) in [7, 11) is 0. The van der Waals surface area contributed by atoms with E-state index < -0.39 is 0 Å². The SMILES string of the molecule is CCCCCCCC/C=C\CCCCCCCCN[Se-]. The maximum atomic E-state index is 3.08. The Labute approximate surface area is 136 Å². The average Bonchev–Trinajstić information content (AvgIpc) is 2.47. The van der Waals surface area contributed by atoms with Crippen LogP contribution in [-0.2, 0) is 0 Å². The van der Waals surface area contributed by atoms with Gasteiger partial charge in [0.05, 0.1) is 0 Å². The van der Waals surface area contributed by atoms with E-state index >= 15 is 0 Å². The Kier molecular flexibility index (Phi) is 19.4. The minimum absolute atomic E-state index is 1.13. The molecule has 0 aliphatic heterocycles. The van der Waals surface area contributed by atoms with E-state index in [0.717, 1.165) is 6.54 Å². The molecule has 0 amide bonds. The van der Waals surface area contributed by atoms with E-state index in [9.17, 15) is 0 Å². The van der Waals surface area contributed by atoms with Crippen molar-refractivity contribution in [1.29, 1.82) is 0 Å². The first-order chi connectivity index (χ1) is 9.91. The van der Waals surface area contributed by atoms with Crippen molar-refractivity contribution in [2.24, 2.45) is 0 Å². The van der Waals surface area contributed by atoms with Crippen LogP contribution in [0.1, 0.15) is 96.8 Å². The summed E-state index contributed by atoms with van der Waals surface area (Å²) < 4.78 is 3.08. The molecule has 0 aliphatic rings. The summed E-state index contributed by atoms with van der Waals surface area (Å²) in [5.41, 5.74) is 0. The molecule has 120 valence electrons. The van der Waals surface area contributed by atoms with Crippen molar-refractivity contribution in [2.45, 2.75) is 96.8 Å². The predicted octanol–water partition coefficient (Wildman–Crippen LogP) is 5.70. The molecule has 0 spiro atoms. The zero-order valence-electron chi connectivity index (χ0n) is 13.7. The standard InChI is InChI=1S/C18H36NSe/c1-2-3-4-5-6-7-8-9-10-11-12-13-14-15-16-17-18-19-20/h9-10,19H,2-8,11-18H2,1H3/q-1/b10-9-. The van der Waals surface area contributed by atoms with Crippen molar-refractivity contribution in [3.8, 4) is 0 Å². The van der Waals surface area contributed by atoms with Gasteiger partial charge in [-0.2, -0.15) is 0 Å². The molecule has 20 heavy (non-hydrogen) atoms. The molecule has 0 radical (unpaired) electrons. The summed E-state index contributed by atoms with van der Waals surface area (Å²) >= 11 is 2.84. The zero-order chi connectivity index (χ0) is 14.7. The topological polar surface area (TPSA) is 12.0 Å². The van der Waals surface area contributed by atoms with Gasteiger partial charge in [-0.25, -0.2) is 0 Å². The molecule has 1 nitrogen and oxygen atoms in total. The second kappa shape index (κ2) is 19.2. The number of hydrogen-bond acceptors (Lipinski definition) is 1. The Morgan fingerprint density at radius 3 is 1.60 bits per heavy atom. The third kappa shape index (κ3) is 18.2. The molecule has 0 saturated heterocycles. The van der Waals surface area contributed by atoms with Crippen LogP contribution in [0.2, 0.25) is 0 Å². The Balaban J connectivity index is 3.01. The Hall–Kier alpha value is 0.219.